The van der Waals surface area contributed by atoms with Crippen LogP contribution in [0, 0.1) is 5.92 Å². The molecular formula is C18H20F3N5O2. The predicted molar refractivity (Wildman–Crippen MR) is 95.7 cm³/mol. The van der Waals surface area contributed by atoms with Crippen LogP contribution in [0.1, 0.15) is 41.9 Å². The summed E-state index contributed by atoms with van der Waals surface area (Å²) in [4.78, 5) is 24.0. The van der Waals surface area contributed by atoms with Crippen LogP contribution in [0.25, 0.3) is 0 Å². The normalized spacial score (nSPS) is 19.9. The summed E-state index contributed by atoms with van der Waals surface area (Å²) in [5, 5.41) is 15.2. The first kappa shape index (κ1) is 20.0. The molecule has 150 valence electrons. The number of carbonyl (C=O) groups is 1. The number of pyridine rings is 1. The minimum Gasteiger partial charge on any atom is -0.393 e. The van der Waals surface area contributed by atoms with Crippen LogP contribution in [0.5, 0.6) is 0 Å². The Morgan fingerprint density at radius 1 is 1.11 bits per heavy atom. The Balaban J connectivity index is 1.64. The number of carbonyl (C=O) groups excluding carboxylic acids is 1. The van der Waals surface area contributed by atoms with Gasteiger partial charge < -0.3 is 15.7 Å². The average Bonchev–Trinajstić information content (AvgIpc) is 2.67. The van der Waals surface area contributed by atoms with Gasteiger partial charge in [-0.15, -0.1) is 0 Å². The molecule has 2 aromatic heterocycles. The Morgan fingerprint density at radius 2 is 1.82 bits per heavy atom. The van der Waals surface area contributed by atoms with E-state index in [9.17, 15) is 23.1 Å². The quantitative estimate of drug-likeness (QED) is 0.719. The zero-order valence-electron chi connectivity index (χ0n) is 14.9. The molecule has 0 spiro atoms. The van der Waals surface area contributed by atoms with Crippen molar-refractivity contribution < 1.29 is 23.1 Å². The van der Waals surface area contributed by atoms with Crippen molar-refractivity contribution in [2.75, 3.05) is 17.2 Å². The van der Waals surface area contributed by atoms with E-state index in [1.54, 1.807) is 0 Å². The molecule has 1 aliphatic rings. The van der Waals surface area contributed by atoms with Crippen molar-refractivity contribution in [1.29, 1.82) is 0 Å². The van der Waals surface area contributed by atoms with Crippen LogP contribution in [-0.4, -0.2) is 38.6 Å². The van der Waals surface area contributed by atoms with Gasteiger partial charge in [-0.1, -0.05) is 0 Å². The van der Waals surface area contributed by atoms with E-state index >= 15 is 0 Å². The number of aromatic nitrogens is 3. The lowest BCUT2D eigenvalue weighted by Crippen LogP contribution is -2.25. The second-order valence-electron chi connectivity index (χ2n) is 6.69. The van der Waals surface area contributed by atoms with Gasteiger partial charge in [0.15, 0.2) is 11.5 Å². The first-order valence-electron chi connectivity index (χ1n) is 8.90. The van der Waals surface area contributed by atoms with Crippen molar-refractivity contribution >= 4 is 17.4 Å². The summed E-state index contributed by atoms with van der Waals surface area (Å²) < 4.78 is 37.7. The largest absolute Gasteiger partial charge is 0.433 e. The molecule has 1 fully saturated rings. The highest BCUT2D eigenvalue weighted by Crippen LogP contribution is 2.28. The fourth-order valence-electron chi connectivity index (χ4n) is 3.05. The molecule has 2 aromatic rings. The molecular weight excluding hydrogens is 375 g/mol. The molecule has 0 aliphatic heterocycles. The van der Waals surface area contributed by atoms with E-state index in [1.165, 1.54) is 12.4 Å². The minimum absolute atomic E-state index is 0.0400. The Hall–Kier alpha value is -2.75. The van der Waals surface area contributed by atoms with Crippen LogP contribution in [-0.2, 0) is 6.18 Å². The first-order chi connectivity index (χ1) is 13.3. The molecule has 0 aromatic carbocycles. The number of amides is 1. The van der Waals surface area contributed by atoms with Crippen molar-refractivity contribution in [2.45, 2.75) is 38.0 Å². The fourth-order valence-corrected chi connectivity index (χ4v) is 3.05. The Kier molecular flexibility index (Phi) is 6.08. The standard InChI is InChI=1S/C18H20F3N5O2/c19-18(20,21)14-6-3-12(10-24-14)26-17(28)15-16(23-8-7-22-15)25-9-11-1-4-13(27)5-2-11/h3,6-8,10-11,13,27H,1-2,4-5,9H2,(H,23,25)(H,26,28)/t11-,13+. The van der Waals surface area contributed by atoms with E-state index in [2.05, 4.69) is 25.6 Å². The highest BCUT2D eigenvalue weighted by Gasteiger charge is 2.32. The highest BCUT2D eigenvalue weighted by molar-refractivity contribution is 6.05. The van der Waals surface area contributed by atoms with E-state index in [-0.39, 0.29) is 17.5 Å². The summed E-state index contributed by atoms with van der Waals surface area (Å²) in [7, 11) is 0. The van der Waals surface area contributed by atoms with Gasteiger partial charge in [0.25, 0.3) is 5.91 Å². The first-order valence-corrected chi connectivity index (χ1v) is 8.90. The summed E-state index contributed by atoms with van der Waals surface area (Å²) in [6.07, 6.45) is 2.23. The maximum atomic E-state index is 12.6. The molecule has 1 amide bonds. The Bertz CT molecular complexity index is 806. The topological polar surface area (TPSA) is 100 Å². The number of nitrogens with one attached hydrogen (secondary N) is 2. The number of aliphatic hydroxyl groups is 1. The second-order valence-corrected chi connectivity index (χ2v) is 6.69. The number of aliphatic hydroxyl groups excluding tert-OH is 1. The van der Waals surface area contributed by atoms with E-state index < -0.39 is 17.8 Å². The fraction of sp³-hybridized carbons (Fsp3) is 0.444. The van der Waals surface area contributed by atoms with Gasteiger partial charge in [-0.3, -0.25) is 4.79 Å². The summed E-state index contributed by atoms with van der Waals surface area (Å²) >= 11 is 0. The van der Waals surface area contributed by atoms with E-state index in [4.69, 9.17) is 0 Å². The van der Waals surface area contributed by atoms with Gasteiger partial charge in [0.05, 0.1) is 18.0 Å². The highest BCUT2D eigenvalue weighted by atomic mass is 19.4. The third kappa shape index (κ3) is 5.16. The lowest BCUT2D eigenvalue weighted by Gasteiger charge is -2.25. The van der Waals surface area contributed by atoms with Crippen LogP contribution in [0.2, 0.25) is 0 Å². The van der Waals surface area contributed by atoms with Crippen molar-refractivity contribution in [2.24, 2.45) is 5.92 Å². The lowest BCUT2D eigenvalue weighted by atomic mass is 9.87. The van der Waals surface area contributed by atoms with Gasteiger partial charge >= 0.3 is 6.18 Å². The Morgan fingerprint density at radius 3 is 2.46 bits per heavy atom. The summed E-state index contributed by atoms with van der Waals surface area (Å²) in [5.41, 5.74) is -0.876. The predicted octanol–water partition coefficient (Wildman–Crippen LogP) is 3.11. The number of hydrogen-bond acceptors (Lipinski definition) is 6. The third-order valence-electron chi connectivity index (χ3n) is 4.60. The van der Waals surface area contributed by atoms with Gasteiger partial charge in [0.1, 0.15) is 5.69 Å². The molecule has 2 heterocycles. The van der Waals surface area contributed by atoms with E-state index in [0.29, 0.717) is 18.3 Å². The van der Waals surface area contributed by atoms with Crippen molar-refractivity contribution in [1.82, 2.24) is 15.0 Å². The summed E-state index contributed by atoms with van der Waals surface area (Å²) in [6, 6.07) is 1.92. The van der Waals surface area contributed by atoms with E-state index in [0.717, 1.165) is 44.0 Å². The van der Waals surface area contributed by atoms with Crippen LogP contribution in [0.4, 0.5) is 24.7 Å². The van der Waals surface area contributed by atoms with Gasteiger partial charge in [0, 0.05) is 18.9 Å². The molecule has 1 aliphatic carbocycles. The van der Waals surface area contributed by atoms with Gasteiger partial charge in [0.2, 0.25) is 0 Å². The zero-order valence-corrected chi connectivity index (χ0v) is 14.9. The number of nitrogens with zero attached hydrogens (tertiary/aromatic N) is 3. The third-order valence-corrected chi connectivity index (χ3v) is 4.60. The van der Waals surface area contributed by atoms with E-state index in [1.807, 2.05) is 0 Å². The summed E-state index contributed by atoms with van der Waals surface area (Å²) in [6.45, 7) is 0.591. The average molecular weight is 395 g/mol. The van der Waals surface area contributed by atoms with Crippen molar-refractivity contribution in [3.63, 3.8) is 0 Å². The maximum Gasteiger partial charge on any atom is 0.433 e. The number of rotatable bonds is 5. The van der Waals surface area contributed by atoms with Crippen LogP contribution in [0.15, 0.2) is 30.7 Å². The molecule has 28 heavy (non-hydrogen) atoms. The monoisotopic (exact) mass is 395 g/mol. The van der Waals surface area contributed by atoms with Gasteiger partial charge in [-0.2, -0.15) is 13.2 Å². The van der Waals surface area contributed by atoms with Crippen molar-refractivity contribution in [3.05, 3.63) is 42.1 Å². The number of halogens is 3. The zero-order chi connectivity index (χ0) is 20.1. The molecule has 0 radical (unpaired) electrons. The second kappa shape index (κ2) is 8.51. The number of hydrogen-bond donors (Lipinski definition) is 3. The van der Waals surface area contributed by atoms with Crippen LogP contribution >= 0.6 is 0 Å². The molecule has 0 saturated heterocycles. The number of alkyl halides is 3. The maximum absolute atomic E-state index is 12.6. The smallest absolute Gasteiger partial charge is 0.393 e. The molecule has 0 unspecified atom stereocenters. The van der Waals surface area contributed by atoms with Crippen LogP contribution in [0.3, 0.4) is 0 Å². The summed E-state index contributed by atoms with van der Waals surface area (Å²) in [5.74, 6) is 0.0580. The number of anilines is 2. The molecule has 7 nitrogen and oxygen atoms in total. The Labute approximate surface area is 159 Å². The molecule has 10 heteroatoms. The van der Waals surface area contributed by atoms with Gasteiger partial charge in [-0.25, -0.2) is 15.0 Å². The molecule has 3 N–H and O–H groups in total. The molecule has 0 bridgehead atoms. The molecule has 3 rings (SSSR count). The molecule has 1 saturated carbocycles. The SMILES string of the molecule is O=C(Nc1ccc(C(F)(F)F)nc1)c1nccnc1NC[C@H]1CC[C@@H](O)CC1. The van der Waals surface area contributed by atoms with Gasteiger partial charge in [-0.05, 0) is 43.7 Å². The minimum atomic E-state index is -4.54. The lowest BCUT2D eigenvalue weighted by molar-refractivity contribution is -0.141. The van der Waals surface area contributed by atoms with Crippen molar-refractivity contribution in [3.8, 4) is 0 Å². The van der Waals surface area contributed by atoms with Crippen LogP contribution < -0.4 is 10.6 Å². The molecule has 0 atom stereocenters.